The number of para-hydroxylation sites is 1. The lowest BCUT2D eigenvalue weighted by Crippen LogP contribution is -2.67. The highest BCUT2D eigenvalue weighted by Crippen LogP contribution is 2.31. The molecule has 4 heterocycles. The summed E-state index contributed by atoms with van der Waals surface area (Å²) in [5.74, 6) is -7.13. The Morgan fingerprint density at radius 1 is 0.467 bits per heavy atom. The highest BCUT2D eigenvalue weighted by Gasteiger charge is 2.44. The number of nitrogens with one attached hydrogen (secondary N) is 1. The molecule has 10 unspecified atom stereocenters. The average molecular weight is 1050 g/mol. The summed E-state index contributed by atoms with van der Waals surface area (Å²) in [6.07, 6.45) is -4.58. The van der Waals surface area contributed by atoms with Gasteiger partial charge in [-0.05, 0) is 86.8 Å². The number of ether oxygens (including phenoxy) is 4. The number of carbonyl (C=O) groups excluding carboxylic acids is 8. The summed E-state index contributed by atoms with van der Waals surface area (Å²) in [5.41, 5.74) is 2.25. The van der Waals surface area contributed by atoms with Gasteiger partial charge in [0.15, 0.2) is 24.4 Å². The smallest absolute Gasteiger partial charge is 0.329 e. The van der Waals surface area contributed by atoms with E-state index in [1.54, 1.807) is 30.3 Å². The third-order valence-corrected chi connectivity index (χ3v) is 14.4. The van der Waals surface area contributed by atoms with Crippen LogP contribution in [-0.4, -0.2) is 169 Å². The zero-order chi connectivity index (χ0) is 55.6. The second-order valence-electron chi connectivity index (χ2n) is 22.6. The van der Waals surface area contributed by atoms with Crippen LogP contribution in [-0.2, 0) is 70.1 Å². The van der Waals surface area contributed by atoms with Gasteiger partial charge in [0.2, 0.25) is 0 Å². The van der Waals surface area contributed by atoms with Gasteiger partial charge in [-0.3, -0.25) is 19.2 Å². The second kappa shape index (κ2) is 26.6. The average Bonchev–Trinajstić information content (AvgIpc) is 3.35. The SMILES string of the molecule is CC(C)CC1C(=O)OC(Cc2ccccc2N2CC3CC(C2)N3)C(=O)N(C)C(CC(C)C)C(=O)OC(C)C(=O)N(C)C(CC(C)C)C(=O)OC(Cc2ccccc2)C(=O)N(C)C(CC(C)C)C(=O)OC(C)C(=O)N1C. The van der Waals surface area contributed by atoms with Crippen LogP contribution in [0.25, 0.3) is 0 Å². The lowest BCUT2D eigenvalue weighted by atomic mass is 9.90. The predicted molar refractivity (Wildman–Crippen MR) is 283 cm³/mol. The van der Waals surface area contributed by atoms with Crippen molar-refractivity contribution in [2.75, 3.05) is 46.2 Å². The van der Waals surface area contributed by atoms with Gasteiger partial charge < -0.3 is 48.8 Å². The summed E-state index contributed by atoms with van der Waals surface area (Å²) < 4.78 is 24.2. The number of cyclic esters (lactones) is 4. The molecular formula is C57H84N6O12. The molecule has 4 aliphatic heterocycles. The molecule has 2 bridgehead atoms. The molecule has 0 aliphatic carbocycles. The number of hydrogen-bond donors (Lipinski definition) is 1. The number of carbonyl (C=O) groups is 8. The van der Waals surface area contributed by atoms with E-state index in [-0.39, 0.29) is 62.2 Å². The number of piperidine rings is 1. The molecule has 75 heavy (non-hydrogen) atoms. The fraction of sp³-hybridized carbons (Fsp3) is 0.649. The van der Waals surface area contributed by atoms with Crippen molar-refractivity contribution in [1.29, 1.82) is 0 Å². The van der Waals surface area contributed by atoms with Crippen molar-refractivity contribution in [1.82, 2.24) is 24.9 Å². The first-order valence-corrected chi connectivity index (χ1v) is 26.8. The third kappa shape index (κ3) is 15.8. The minimum atomic E-state index is -1.51. The summed E-state index contributed by atoms with van der Waals surface area (Å²) >= 11 is 0. The van der Waals surface area contributed by atoms with Crippen LogP contribution in [0.3, 0.4) is 0 Å². The van der Waals surface area contributed by atoms with Crippen molar-refractivity contribution in [3.8, 4) is 0 Å². The van der Waals surface area contributed by atoms with Gasteiger partial charge in [-0.15, -0.1) is 0 Å². The molecule has 18 nitrogen and oxygen atoms in total. The molecule has 414 valence electrons. The molecule has 1 N–H and O–H groups in total. The van der Waals surface area contributed by atoms with Gasteiger partial charge in [0.25, 0.3) is 23.6 Å². The van der Waals surface area contributed by atoms with Crippen LogP contribution in [0.4, 0.5) is 5.69 Å². The molecule has 4 aliphatic rings. The summed E-state index contributed by atoms with van der Waals surface area (Å²) in [5, 5.41) is 3.54. The van der Waals surface area contributed by atoms with Crippen molar-refractivity contribution in [3.05, 3.63) is 65.7 Å². The Bertz CT molecular complexity index is 2290. The number of nitrogens with zero attached hydrogens (tertiary/aromatic N) is 5. The summed E-state index contributed by atoms with van der Waals surface area (Å²) in [6, 6.07) is 12.1. The molecule has 10 atom stereocenters. The van der Waals surface area contributed by atoms with Gasteiger partial charge in [-0.1, -0.05) is 104 Å². The number of amides is 4. The van der Waals surface area contributed by atoms with Gasteiger partial charge >= 0.3 is 23.9 Å². The molecule has 2 aromatic carbocycles. The second-order valence-corrected chi connectivity index (χ2v) is 22.6. The highest BCUT2D eigenvalue weighted by molar-refractivity contribution is 5.94. The fourth-order valence-corrected chi connectivity index (χ4v) is 10.2. The van der Waals surface area contributed by atoms with Crippen LogP contribution in [0, 0.1) is 23.7 Å². The minimum Gasteiger partial charge on any atom is -0.451 e. The molecule has 4 saturated heterocycles. The summed E-state index contributed by atoms with van der Waals surface area (Å²) in [6.45, 7) is 19.2. The number of esters is 4. The molecule has 2 aromatic rings. The van der Waals surface area contributed by atoms with Gasteiger partial charge in [0.05, 0.1) is 0 Å². The van der Waals surface area contributed by atoms with E-state index in [0.29, 0.717) is 17.6 Å². The lowest BCUT2D eigenvalue weighted by molar-refractivity contribution is -0.176. The Hall–Kier alpha value is -6.04. The van der Waals surface area contributed by atoms with E-state index in [1.807, 2.05) is 79.7 Å². The molecule has 0 radical (unpaired) electrons. The number of hydrogen-bond acceptors (Lipinski definition) is 14. The number of benzene rings is 2. The number of fused-ring (bicyclic) bond motifs is 2. The number of anilines is 1. The van der Waals surface area contributed by atoms with Crippen molar-refractivity contribution < 1.29 is 57.3 Å². The summed E-state index contributed by atoms with van der Waals surface area (Å²) in [7, 11) is 5.64. The minimum absolute atomic E-state index is 0.0832. The van der Waals surface area contributed by atoms with Crippen molar-refractivity contribution in [2.45, 2.75) is 175 Å². The first-order chi connectivity index (χ1) is 35.3. The van der Waals surface area contributed by atoms with Crippen LogP contribution >= 0.6 is 0 Å². The van der Waals surface area contributed by atoms with Crippen LogP contribution in [0.5, 0.6) is 0 Å². The maximum Gasteiger partial charge on any atom is 0.329 e. The Labute approximate surface area is 444 Å². The quantitative estimate of drug-likeness (QED) is 0.202. The Kier molecular flexibility index (Phi) is 21.2. The first-order valence-electron chi connectivity index (χ1n) is 26.8. The molecule has 4 amide bonds. The zero-order valence-electron chi connectivity index (χ0n) is 46.8. The van der Waals surface area contributed by atoms with E-state index in [0.717, 1.165) is 40.6 Å². The predicted octanol–water partition coefficient (Wildman–Crippen LogP) is 5.22. The van der Waals surface area contributed by atoms with E-state index in [1.165, 1.54) is 51.8 Å². The maximum atomic E-state index is 15.2. The van der Waals surface area contributed by atoms with Crippen molar-refractivity contribution in [3.63, 3.8) is 0 Å². The van der Waals surface area contributed by atoms with Crippen LogP contribution in [0.15, 0.2) is 54.6 Å². The highest BCUT2D eigenvalue weighted by atomic mass is 16.6. The Morgan fingerprint density at radius 2 is 0.800 bits per heavy atom. The van der Waals surface area contributed by atoms with E-state index in [2.05, 4.69) is 10.2 Å². The maximum absolute atomic E-state index is 15.2. The monoisotopic (exact) mass is 1040 g/mol. The number of likely N-dealkylation sites (N-methyl/N-ethyl adjacent to an activating group) is 4. The molecule has 18 heteroatoms. The number of piperazine rings is 1. The van der Waals surface area contributed by atoms with Gasteiger partial charge in [0.1, 0.15) is 24.2 Å². The van der Waals surface area contributed by atoms with Gasteiger partial charge in [-0.2, -0.15) is 0 Å². The van der Waals surface area contributed by atoms with Crippen molar-refractivity contribution in [2.24, 2.45) is 23.7 Å². The normalized spacial score (nSPS) is 27.6. The fourth-order valence-electron chi connectivity index (χ4n) is 10.2. The van der Waals surface area contributed by atoms with Crippen LogP contribution in [0.1, 0.15) is 112 Å². The standard InChI is InChI=1S/C57H84N6O12/c1-33(2)24-44-54(68)72-38(10)51(65)60(12)47(27-36(7)8)57(71)75-49(29-40-22-18-19-23-43(40)63-31-41-30-42(32-63)58-41)53(67)62(14)45(25-34(3)4)55(69)73-37(9)50(64)59(11)46(26-35(5)6)56(70)74-48(52(66)61(44)13)28-39-20-16-15-17-21-39/h15-23,33-38,41-42,44-49,58H,24-32H2,1-14H3. The largest absolute Gasteiger partial charge is 0.451 e. The van der Waals surface area contributed by atoms with Crippen LogP contribution in [0.2, 0.25) is 0 Å². The first kappa shape index (κ1) is 59.8. The Morgan fingerprint density at radius 3 is 1.19 bits per heavy atom. The van der Waals surface area contributed by atoms with Gasteiger partial charge in [-0.25, -0.2) is 19.2 Å². The van der Waals surface area contributed by atoms with E-state index >= 15 is 4.79 Å². The van der Waals surface area contributed by atoms with Crippen molar-refractivity contribution >= 4 is 53.2 Å². The van der Waals surface area contributed by atoms with Crippen LogP contribution < -0.4 is 10.2 Å². The summed E-state index contributed by atoms with van der Waals surface area (Å²) in [4.78, 5) is 124. The van der Waals surface area contributed by atoms with Gasteiger partial charge in [0, 0.05) is 71.9 Å². The third-order valence-electron chi connectivity index (χ3n) is 14.4. The molecular weight excluding hydrogens is 961 g/mol. The zero-order valence-corrected chi connectivity index (χ0v) is 46.8. The van der Waals surface area contributed by atoms with E-state index in [9.17, 15) is 33.6 Å². The topological polar surface area (TPSA) is 202 Å². The van der Waals surface area contributed by atoms with E-state index < -0.39 is 96.1 Å². The van der Waals surface area contributed by atoms with E-state index in [4.69, 9.17) is 18.9 Å². The number of rotatable bonds is 13. The molecule has 4 fully saturated rings. The molecule has 0 spiro atoms. The molecule has 0 aromatic heterocycles. The Balaban J connectivity index is 1.61. The lowest BCUT2D eigenvalue weighted by Gasteiger charge is -2.49. The molecule has 6 rings (SSSR count). The molecule has 0 saturated carbocycles.